The van der Waals surface area contributed by atoms with Gasteiger partial charge in [0, 0.05) is 18.8 Å². The Bertz CT molecular complexity index is 383. The molecule has 2 amide bonds. The van der Waals surface area contributed by atoms with Crippen LogP contribution in [0.3, 0.4) is 0 Å². The van der Waals surface area contributed by atoms with E-state index in [1.807, 2.05) is 37.3 Å². The van der Waals surface area contributed by atoms with Crippen LogP contribution >= 0.6 is 0 Å². The molecule has 0 fully saturated rings. The molecule has 0 bridgehead atoms. The second kappa shape index (κ2) is 7.29. The van der Waals surface area contributed by atoms with Crippen LogP contribution in [0.2, 0.25) is 0 Å². The molecule has 17 heavy (non-hydrogen) atoms. The fraction of sp³-hybridized carbons (Fsp3) is 0.385. The zero-order valence-corrected chi connectivity index (χ0v) is 10.0. The Morgan fingerprint density at radius 2 is 2.06 bits per heavy atom. The van der Waals surface area contributed by atoms with Gasteiger partial charge in [-0.25, -0.2) is 4.79 Å². The largest absolute Gasteiger partial charge is 0.324 e. The van der Waals surface area contributed by atoms with Gasteiger partial charge in [0.1, 0.15) is 0 Å². The summed E-state index contributed by atoms with van der Waals surface area (Å²) in [4.78, 5) is 13.6. The molecule has 0 atom stereocenters. The van der Waals surface area contributed by atoms with Crippen LogP contribution in [0.25, 0.3) is 0 Å². The number of anilines is 1. The summed E-state index contributed by atoms with van der Waals surface area (Å²) in [5.74, 6) is 0. The van der Waals surface area contributed by atoms with E-state index in [1.165, 1.54) is 0 Å². The first-order chi connectivity index (χ1) is 8.27. The maximum Gasteiger partial charge on any atom is 0.321 e. The van der Waals surface area contributed by atoms with Crippen molar-refractivity contribution < 1.29 is 4.79 Å². The molecule has 1 aromatic rings. The number of carbonyl (C=O) groups is 1. The lowest BCUT2D eigenvalue weighted by Crippen LogP contribution is -2.36. The zero-order valence-electron chi connectivity index (χ0n) is 10.0. The minimum Gasteiger partial charge on any atom is -0.324 e. The van der Waals surface area contributed by atoms with Crippen LogP contribution in [-0.2, 0) is 0 Å². The van der Waals surface area contributed by atoms with Gasteiger partial charge in [-0.3, -0.25) is 0 Å². The third-order valence-corrected chi connectivity index (χ3v) is 2.30. The van der Waals surface area contributed by atoms with E-state index in [-0.39, 0.29) is 6.03 Å². The van der Waals surface area contributed by atoms with Crippen LogP contribution in [0.4, 0.5) is 10.5 Å². The van der Waals surface area contributed by atoms with E-state index in [4.69, 9.17) is 5.26 Å². The molecule has 0 aliphatic rings. The highest BCUT2D eigenvalue weighted by Crippen LogP contribution is 2.07. The molecule has 1 rings (SSSR count). The summed E-state index contributed by atoms with van der Waals surface area (Å²) in [6.45, 7) is 3.15. The van der Waals surface area contributed by atoms with Crippen LogP contribution in [-0.4, -0.2) is 24.0 Å². The Hall–Kier alpha value is -2.02. The molecule has 0 radical (unpaired) electrons. The van der Waals surface area contributed by atoms with Gasteiger partial charge >= 0.3 is 6.03 Å². The maximum atomic E-state index is 11.9. The average Bonchev–Trinajstić information content (AvgIpc) is 2.35. The molecule has 0 saturated heterocycles. The van der Waals surface area contributed by atoms with Gasteiger partial charge in [-0.05, 0) is 18.6 Å². The average molecular weight is 231 g/mol. The highest BCUT2D eigenvalue weighted by Gasteiger charge is 2.11. The van der Waals surface area contributed by atoms with Crippen molar-refractivity contribution in [1.82, 2.24) is 4.90 Å². The summed E-state index contributed by atoms with van der Waals surface area (Å²) < 4.78 is 0. The van der Waals surface area contributed by atoms with E-state index in [0.717, 1.165) is 12.1 Å². The van der Waals surface area contributed by atoms with Gasteiger partial charge in [0.15, 0.2) is 0 Å². The zero-order chi connectivity index (χ0) is 12.5. The molecule has 0 saturated carbocycles. The number of rotatable bonds is 5. The van der Waals surface area contributed by atoms with Gasteiger partial charge in [-0.15, -0.1) is 0 Å². The molecule has 0 aliphatic carbocycles. The minimum atomic E-state index is -0.145. The van der Waals surface area contributed by atoms with Gasteiger partial charge in [-0.2, -0.15) is 5.26 Å². The van der Waals surface area contributed by atoms with Crippen molar-refractivity contribution in [3.05, 3.63) is 30.3 Å². The number of urea groups is 1. The summed E-state index contributed by atoms with van der Waals surface area (Å²) >= 11 is 0. The van der Waals surface area contributed by atoms with Crippen molar-refractivity contribution in [3.63, 3.8) is 0 Å². The number of carbonyl (C=O) groups excluding carboxylic acids is 1. The second-order valence-electron chi connectivity index (χ2n) is 3.69. The van der Waals surface area contributed by atoms with E-state index in [1.54, 1.807) is 4.90 Å². The molecule has 4 nitrogen and oxygen atoms in total. The predicted octanol–water partition coefficient (Wildman–Crippen LogP) is 2.84. The lowest BCUT2D eigenvalue weighted by atomic mass is 10.3. The smallest absolute Gasteiger partial charge is 0.321 e. The van der Waals surface area contributed by atoms with E-state index in [2.05, 4.69) is 11.4 Å². The van der Waals surface area contributed by atoms with Gasteiger partial charge in [-0.1, -0.05) is 25.1 Å². The van der Waals surface area contributed by atoms with Gasteiger partial charge in [0.05, 0.1) is 12.5 Å². The Balaban J connectivity index is 2.56. The number of hydrogen-bond donors (Lipinski definition) is 1. The standard InChI is InChI=1S/C13H17N3O/c1-2-10-16(11-6-9-14)13(17)15-12-7-4-3-5-8-12/h3-5,7-8H,2,6,10-11H2,1H3,(H,15,17). The molecule has 1 aromatic carbocycles. The Labute approximate surface area is 102 Å². The summed E-state index contributed by atoms with van der Waals surface area (Å²) in [6, 6.07) is 11.2. The van der Waals surface area contributed by atoms with Crippen LogP contribution < -0.4 is 5.32 Å². The second-order valence-corrected chi connectivity index (χ2v) is 3.69. The van der Waals surface area contributed by atoms with Crippen molar-refractivity contribution in [2.45, 2.75) is 19.8 Å². The normalized spacial score (nSPS) is 9.41. The lowest BCUT2D eigenvalue weighted by molar-refractivity contribution is 0.213. The molecule has 90 valence electrons. The highest BCUT2D eigenvalue weighted by molar-refractivity contribution is 5.89. The van der Waals surface area contributed by atoms with Crippen molar-refractivity contribution in [3.8, 4) is 6.07 Å². The van der Waals surface area contributed by atoms with Gasteiger partial charge < -0.3 is 10.2 Å². The molecule has 1 N–H and O–H groups in total. The molecule has 0 unspecified atom stereocenters. The van der Waals surface area contributed by atoms with E-state index >= 15 is 0 Å². The number of nitrogens with zero attached hydrogens (tertiary/aromatic N) is 2. The van der Waals surface area contributed by atoms with Crippen LogP contribution in [0.15, 0.2) is 30.3 Å². The Kier molecular flexibility index (Phi) is 5.59. The summed E-state index contributed by atoms with van der Waals surface area (Å²) in [5, 5.41) is 11.4. The first-order valence-electron chi connectivity index (χ1n) is 5.76. The fourth-order valence-corrected chi connectivity index (χ4v) is 1.49. The molecule has 4 heteroatoms. The van der Waals surface area contributed by atoms with Crippen molar-refractivity contribution in [2.24, 2.45) is 0 Å². The third kappa shape index (κ3) is 4.56. The van der Waals surface area contributed by atoms with Crippen LogP contribution in [0.5, 0.6) is 0 Å². The predicted molar refractivity (Wildman–Crippen MR) is 67.6 cm³/mol. The minimum absolute atomic E-state index is 0.145. The SMILES string of the molecule is CCCN(CCC#N)C(=O)Nc1ccccc1. The first-order valence-corrected chi connectivity index (χ1v) is 5.76. The molecule has 0 spiro atoms. The van der Waals surface area contributed by atoms with Crippen molar-refractivity contribution in [2.75, 3.05) is 18.4 Å². The van der Waals surface area contributed by atoms with Crippen LogP contribution in [0, 0.1) is 11.3 Å². The molecule has 0 aromatic heterocycles. The van der Waals surface area contributed by atoms with E-state index in [9.17, 15) is 4.79 Å². The Morgan fingerprint density at radius 1 is 1.35 bits per heavy atom. The van der Waals surface area contributed by atoms with Crippen molar-refractivity contribution in [1.29, 1.82) is 5.26 Å². The number of amides is 2. The lowest BCUT2D eigenvalue weighted by Gasteiger charge is -2.21. The van der Waals surface area contributed by atoms with E-state index < -0.39 is 0 Å². The van der Waals surface area contributed by atoms with E-state index in [0.29, 0.717) is 19.5 Å². The number of nitrogens with one attached hydrogen (secondary N) is 1. The highest BCUT2D eigenvalue weighted by atomic mass is 16.2. The Morgan fingerprint density at radius 3 is 2.65 bits per heavy atom. The summed E-state index contributed by atoms with van der Waals surface area (Å²) in [7, 11) is 0. The maximum absolute atomic E-state index is 11.9. The topological polar surface area (TPSA) is 56.1 Å². The summed E-state index contributed by atoms with van der Waals surface area (Å²) in [5.41, 5.74) is 0.774. The number of para-hydroxylation sites is 1. The summed E-state index contributed by atoms with van der Waals surface area (Å²) in [6.07, 6.45) is 1.25. The monoisotopic (exact) mass is 231 g/mol. The fourth-order valence-electron chi connectivity index (χ4n) is 1.49. The van der Waals surface area contributed by atoms with Crippen LogP contribution in [0.1, 0.15) is 19.8 Å². The number of hydrogen-bond acceptors (Lipinski definition) is 2. The quantitative estimate of drug-likeness (QED) is 0.847. The van der Waals surface area contributed by atoms with Gasteiger partial charge in [0.2, 0.25) is 0 Å². The number of benzene rings is 1. The first kappa shape index (κ1) is 13.0. The third-order valence-electron chi connectivity index (χ3n) is 2.30. The molecular formula is C13H17N3O. The van der Waals surface area contributed by atoms with Gasteiger partial charge in [0.25, 0.3) is 0 Å². The molecule has 0 aliphatic heterocycles. The molecule has 0 heterocycles. The number of nitriles is 1. The molecular weight excluding hydrogens is 214 g/mol. The van der Waals surface area contributed by atoms with Crippen molar-refractivity contribution >= 4 is 11.7 Å².